The molecule has 0 amide bonds. The first-order valence-electron chi connectivity index (χ1n) is 11.0. The summed E-state index contributed by atoms with van der Waals surface area (Å²) in [7, 11) is 0. The lowest BCUT2D eigenvalue weighted by Gasteiger charge is -2.10. The van der Waals surface area contributed by atoms with E-state index >= 15 is 0 Å². The van der Waals surface area contributed by atoms with Crippen molar-refractivity contribution < 1.29 is 8.78 Å². The molecule has 4 aromatic rings. The number of nitrogens with zero attached hydrogens (tertiary/aromatic N) is 6. The maximum atomic E-state index is 13.8. The van der Waals surface area contributed by atoms with Gasteiger partial charge in [-0.2, -0.15) is 14.0 Å². The summed E-state index contributed by atoms with van der Waals surface area (Å²) in [6.07, 6.45) is 2.19. The van der Waals surface area contributed by atoms with E-state index < -0.39 is 11.7 Å². The molecule has 2 heterocycles. The van der Waals surface area contributed by atoms with Gasteiger partial charge in [-0.15, -0.1) is 15.3 Å². The molecule has 0 aliphatic carbocycles. The molecule has 7 nitrogen and oxygen atoms in total. The Morgan fingerprint density at radius 1 is 1.03 bits per heavy atom. The van der Waals surface area contributed by atoms with Gasteiger partial charge in [0.2, 0.25) is 11.6 Å². The van der Waals surface area contributed by atoms with E-state index in [0.717, 1.165) is 35.6 Å². The highest BCUT2D eigenvalue weighted by Gasteiger charge is 2.31. The maximum Gasteiger partial charge on any atom is 0.305 e. The molecule has 0 saturated heterocycles. The summed E-state index contributed by atoms with van der Waals surface area (Å²) < 4.78 is 29.3. The molecule has 33 heavy (non-hydrogen) atoms. The van der Waals surface area contributed by atoms with Gasteiger partial charge in [0.1, 0.15) is 5.82 Å². The van der Waals surface area contributed by atoms with Gasteiger partial charge < -0.3 is 0 Å². The van der Waals surface area contributed by atoms with Crippen LogP contribution in [0.15, 0.2) is 48.5 Å². The second-order valence-corrected chi connectivity index (χ2v) is 8.72. The van der Waals surface area contributed by atoms with Crippen LogP contribution in [0.25, 0.3) is 11.4 Å². The first kappa shape index (κ1) is 22.7. The fourth-order valence-electron chi connectivity index (χ4n) is 3.61. The van der Waals surface area contributed by atoms with Crippen LogP contribution in [-0.4, -0.2) is 35.4 Å². The maximum absolute atomic E-state index is 13.8. The Labute approximate surface area is 191 Å². The normalized spacial score (nSPS) is 11.9. The topological polar surface area (TPSA) is 85.2 Å². The third-order valence-electron chi connectivity index (χ3n) is 5.44. The van der Waals surface area contributed by atoms with Gasteiger partial charge in [0.05, 0.1) is 6.54 Å². The summed E-state index contributed by atoms with van der Waals surface area (Å²) in [5.74, 6) is -1.87. The van der Waals surface area contributed by atoms with Crippen molar-refractivity contribution in [1.29, 1.82) is 0 Å². The van der Waals surface area contributed by atoms with Crippen LogP contribution in [0.5, 0.6) is 0 Å². The molecule has 0 aliphatic rings. The van der Waals surface area contributed by atoms with Crippen molar-refractivity contribution in [3.05, 3.63) is 76.9 Å². The highest BCUT2D eigenvalue weighted by Crippen LogP contribution is 2.25. The van der Waals surface area contributed by atoms with Crippen LogP contribution in [0.1, 0.15) is 55.5 Å². The molecule has 0 saturated carbocycles. The van der Waals surface area contributed by atoms with Gasteiger partial charge in [0.15, 0.2) is 0 Å². The summed E-state index contributed by atoms with van der Waals surface area (Å²) in [5.41, 5.74) is 4.12. The zero-order valence-corrected chi connectivity index (χ0v) is 19.0. The second-order valence-electron chi connectivity index (χ2n) is 8.72. The van der Waals surface area contributed by atoms with Crippen LogP contribution in [0, 0.1) is 5.92 Å². The monoisotopic (exact) mass is 451 g/mol. The second kappa shape index (κ2) is 9.56. The molecule has 0 fully saturated rings. The van der Waals surface area contributed by atoms with E-state index in [0.29, 0.717) is 37.0 Å². The number of hydrogen-bond donors (Lipinski definition) is 1. The zero-order valence-electron chi connectivity index (χ0n) is 19.0. The minimum absolute atomic E-state index is 0.399. The van der Waals surface area contributed by atoms with Crippen molar-refractivity contribution in [1.82, 2.24) is 35.4 Å². The number of tetrazole rings is 1. The highest BCUT2D eigenvalue weighted by atomic mass is 19.3. The molecule has 4 rings (SSSR count). The van der Waals surface area contributed by atoms with Gasteiger partial charge in [-0.1, -0.05) is 62.4 Å². The van der Waals surface area contributed by atoms with Crippen LogP contribution < -0.4 is 0 Å². The van der Waals surface area contributed by atoms with Crippen LogP contribution >= 0.6 is 0 Å². The fourth-order valence-corrected chi connectivity index (χ4v) is 3.61. The summed E-state index contributed by atoms with van der Waals surface area (Å²) in [5, 5.41) is 18.4. The lowest BCUT2D eigenvalue weighted by Crippen LogP contribution is -2.11. The number of hydrogen-bond acceptors (Lipinski definition) is 5. The van der Waals surface area contributed by atoms with E-state index in [2.05, 4.69) is 44.6 Å². The molecule has 0 bridgehead atoms. The SMILES string of the molecule is CC(C)CCc1nc(C(C)(F)F)nn1Cc1ccc(Cc2ccccc2-c2nn[nH]n2)cc1. The molecule has 9 heteroatoms. The molecule has 0 atom stereocenters. The third-order valence-corrected chi connectivity index (χ3v) is 5.44. The Hall–Kier alpha value is -3.49. The smallest absolute Gasteiger partial charge is 0.245 e. The summed E-state index contributed by atoms with van der Waals surface area (Å²) in [6, 6.07) is 16.0. The first-order chi connectivity index (χ1) is 15.8. The third kappa shape index (κ3) is 5.66. The van der Waals surface area contributed by atoms with E-state index in [-0.39, 0.29) is 0 Å². The van der Waals surface area contributed by atoms with Crippen molar-refractivity contribution in [3.8, 4) is 11.4 Å². The van der Waals surface area contributed by atoms with Crippen LogP contribution in [-0.2, 0) is 25.3 Å². The van der Waals surface area contributed by atoms with Crippen LogP contribution in [0.4, 0.5) is 8.78 Å². The van der Waals surface area contributed by atoms with Gasteiger partial charge in [-0.3, -0.25) is 0 Å². The van der Waals surface area contributed by atoms with E-state index in [1.165, 1.54) is 0 Å². The zero-order chi connectivity index (χ0) is 23.4. The van der Waals surface area contributed by atoms with E-state index in [9.17, 15) is 8.78 Å². The van der Waals surface area contributed by atoms with Gasteiger partial charge in [-0.05, 0) is 40.7 Å². The lowest BCUT2D eigenvalue weighted by molar-refractivity contribution is 0.00756. The number of nitrogens with one attached hydrogen (secondary N) is 1. The van der Waals surface area contributed by atoms with Gasteiger partial charge in [-0.25, -0.2) is 9.67 Å². The number of aryl methyl sites for hydroxylation is 1. The molecule has 0 aliphatic heterocycles. The highest BCUT2D eigenvalue weighted by molar-refractivity contribution is 5.60. The molecule has 2 aromatic heterocycles. The average Bonchev–Trinajstić information content (AvgIpc) is 3.44. The Morgan fingerprint density at radius 3 is 2.42 bits per heavy atom. The Balaban J connectivity index is 1.51. The van der Waals surface area contributed by atoms with Crippen LogP contribution in [0.2, 0.25) is 0 Å². The van der Waals surface area contributed by atoms with E-state index in [4.69, 9.17) is 0 Å². The minimum atomic E-state index is -3.06. The standard InChI is InChI=1S/C24H27F2N7/c1-16(2)8-13-21-27-23(24(3,25)26)30-33(21)15-18-11-9-17(10-12-18)14-19-6-4-5-7-20(19)22-28-31-32-29-22/h4-7,9-12,16H,8,13-15H2,1-3H3,(H,28,29,31,32). The van der Waals surface area contributed by atoms with Crippen molar-refractivity contribution in [3.63, 3.8) is 0 Å². The molecule has 2 aromatic carbocycles. The molecule has 1 N–H and O–H groups in total. The quantitative estimate of drug-likeness (QED) is 0.395. The van der Waals surface area contributed by atoms with Crippen molar-refractivity contribution in [2.24, 2.45) is 5.92 Å². The molecular weight excluding hydrogens is 424 g/mol. The minimum Gasteiger partial charge on any atom is -0.245 e. The molecule has 172 valence electrons. The average molecular weight is 452 g/mol. The molecule has 0 spiro atoms. The van der Waals surface area contributed by atoms with Gasteiger partial charge in [0, 0.05) is 18.9 Å². The van der Waals surface area contributed by atoms with Crippen molar-refractivity contribution in [2.45, 2.75) is 52.5 Å². The lowest BCUT2D eigenvalue weighted by atomic mass is 9.98. The summed E-state index contributed by atoms with van der Waals surface area (Å²) in [6.45, 7) is 5.44. The van der Waals surface area contributed by atoms with E-state index in [1.807, 2.05) is 48.5 Å². The number of alkyl halides is 2. The largest absolute Gasteiger partial charge is 0.305 e. The van der Waals surface area contributed by atoms with Crippen LogP contribution in [0.3, 0.4) is 0 Å². The van der Waals surface area contributed by atoms with Gasteiger partial charge >= 0.3 is 5.92 Å². The molecular formula is C24H27F2N7. The number of halogens is 2. The van der Waals surface area contributed by atoms with E-state index in [1.54, 1.807) is 4.68 Å². The molecule has 0 unspecified atom stereocenters. The number of rotatable bonds is 9. The van der Waals surface area contributed by atoms with Crippen molar-refractivity contribution in [2.75, 3.05) is 0 Å². The number of aromatic nitrogens is 7. The Morgan fingerprint density at radius 2 is 1.76 bits per heavy atom. The number of H-pyrrole nitrogens is 1. The molecule has 0 radical (unpaired) electrons. The van der Waals surface area contributed by atoms with Gasteiger partial charge in [0.25, 0.3) is 0 Å². The number of aromatic amines is 1. The Kier molecular flexibility index (Phi) is 6.57. The first-order valence-corrected chi connectivity index (χ1v) is 11.0. The summed E-state index contributed by atoms with van der Waals surface area (Å²) >= 11 is 0. The number of benzene rings is 2. The predicted octanol–water partition coefficient (Wildman–Crippen LogP) is 4.80. The van der Waals surface area contributed by atoms with Crippen molar-refractivity contribution >= 4 is 0 Å². The predicted molar refractivity (Wildman–Crippen MR) is 121 cm³/mol. The summed E-state index contributed by atoms with van der Waals surface area (Å²) in [4.78, 5) is 4.14. The fraction of sp³-hybridized carbons (Fsp3) is 0.375. The Bertz CT molecular complexity index is 1180.